The molecule has 17 heavy (non-hydrogen) atoms. The van der Waals surface area contributed by atoms with E-state index < -0.39 is 11.4 Å². The standard InChI is InChI=1S/C12H18FN3O/c1-8-9(13)10(14-3)16-11(15-8)12(2)6-4-5-7-17-12/h4-7H2,1-3H3,(H,14,15,16). The lowest BCUT2D eigenvalue weighted by Crippen LogP contribution is -2.33. The summed E-state index contributed by atoms with van der Waals surface area (Å²) in [6, 6.07) is 0. The van der Waals surface area contributed by atoms with E-state index in [1.807, 2.05) is 6.92 Å². The molecule has 0 radical (unpaired) electrons. The smallest absolute Gasteiger partial charge is 0.186 e. The molecule has 1 fully saturated rings. The number of halogens is 1. The van der Waals surface area contributed by atoms with E-state index in [1.165, 1.54) is 0 Å². The number of nitrogens with zero attached hydrogens (tertiary/aromatic N) is 2. The molecule has 1 unspecified atom stereocenters. The highest BCUT2D eigenvalue weighted by atomic mass is 19.1. The zero-order chi connectivity index (χ0) is 12.5. The second-order valence-corrected chi connectivity index (χ2v) is 4.58. The molecule has 5 heteroatoms. The van der Waals surface area contributed by atoms with Crippen molar-refractivity contribution in [2.24, 2.45) is 0 Å². The minimum Gasteiger partial charge on any atom is -0.371 e. The van der Waals surface area contributed by atoms with E-state index in [0.29, 0.717) is 18.1 Å². The molecule has 1 aliphatic rings. The topological polar surface area (TPSA) is 47.0 Å². The van der Waals surface area contributed by atoms with Gasteiger partial charge in [-0.05, 0) is 33.1 Å². The second-order valence-electron chi connectivity index (χ2n) is 4.58. The largest absolute Gasteiger partial charge is 0.371 e. The SMILES string of the molecule is CNc1nc(C2(C)CCCCO2)nc(C)c1F. The molecular weight excluding hydrogens is 221 g/mol. The molecule has 0 spiro atoms. The van der Waals surface area contributed by atoms with Crippen LogP contribution >= 0.6 is 0 Å². The first kappa shape index (κ1) is 12.2. The molecule has 1 aliphatic heterocycles. The molecular formula is C12H18FN3O. The zero-order valence-corrected chi connectivity index (χ0v) is 10.5. The maximum atomic E-state index is 13.6. The van der Waals surface area contributed by atoms with Crippen LogP contribution in [-0.2, 0) is 10.3 Å². The van der Waals surface area contributed by atoms with Crippen LogP contribution in [0.4, 0.5) is 10.2 Å². The fourth-order valence-electron chi connectivity index (χ4n) is 2.07. The predicted octanol–water partition coefficient (Wildman–Crippen LogP) is 2.38. The number of ether oxygens (including phenoxy) is 1. The van der Waals surface area contributed by atoms with E-state index in [9.17, 15) is 4.39 Å². The summed E-state index contributed by atoms with van der Waals surface area (Å²) in [6.45, 7) is 4.33. The third-order valence-corrected chi connectivity index (χ3v) is 3.20. The molecule has 1 aromatic heterocycles. The molecule has 1 saturated heterocycles. The maximum absolute atomic E-state index is 13.6. The van der Waals surface area contributed by atoms with E-state index in [1.54, 1.807) is 14.0 Å². The van der Waals surface area contributed by atoms with Crippen LogP contribution < -0.4 is 5.32 Å². The second kappa shape index (κ2) is 4.56. The molecule has 0 saturated carbocycles. The van der Waals surface area contributed by atoms with Gasteiger partial charge >= 0.3 is 0 Å². The molecule has 4 nitrogen and oxygen atoms in total. The Balaban J connectivity index is 2.41. The summed E-state index contributed by atoms with van der Waals surface area (Å²) in [7, 11) is 1.65. The summed E-state index contributed by atoms with van der Waals surface area (Å²) >= 11 is 0. The highest BCUT2D eigenvalue weighted by Gasteiger charge is 2.34. The third-order valence-electron chi connectivity index (χ3n) is 3.20. The van der Waals surface area contributed by atoms with Crippen molar-refractivity contribution < 1.29 is 9.13 Å². The molecule has 1 aromatic rings. The predicted molar refractivity (Wildman–Crippen MR) is 63.4 cm³/mol. The van der Waals surface area contributed by atoms with Crippen LogP contribution in [0.1, 0.15) is 37.7 Å². The first-order chi connectivity index (χ1) is 8.07. The lowest BCUT2D eigenvalue weighted by atomic mass is 9.95. The zero-order valence-electron chi connectivity index (χ0n) is 10.5. The minimum atomic E-state index is -0.484. The van der Waals surface area contributed by atoms with E-state index in [4.69, 9.17) is 4.74 Å². The normalized spacial score (nSPS) is 24.7. The van der Waals surface area contributed by atoms with Gasteiger partial charge in [-0.15, -0.1) is 0 Å². The van der Waals surface area contributed by atoms with Crippen LogP contribution in [0.2, 0.25) is 0 Å². The first-order valence-corrected chi connectivity index (χ1v) is 5.93. The third kappa shape index (κ3) is 2.24. The van der Waals surface area contributed by atoms with Crippen molar-refractivity contribution in [2.75, 3.05) is 19.0 Å². The van der Waals surface area contributed by atoms with Crippen molar-refractivity contribution in [3.05, 3.63) is 17.3 Å². The van der Waals surface area contributed by atoms with Crippen LogP contribution in [-0.4, -0.2) is 23.6 Å². The molecule has 94 valence electrons. The fraction of sp³-hybridized carbons (Fsp3) is 0.667. The van der Waals surface area contributed by atoms with Gasteiger partial charge in [0.15, 0.2) is 17.5 Å². The van der Waals surface area contributed by atoms with E-state index in [2.05, 4.69) is 15.3 Å². The number of anilines is 1. The van der Waals surface area contributed by atoms with Crippen molar-refractivity contribution in [1.82, 2.24) is 9.97 Å². The summed E-state index contributed by atoms with van der Waals surface area (Å²) in [6.07, 6.45) is 3.03. The van der Waals surface area contributed by atoms with Gasteiger partial charge in [0, 0.05) is 13.7 Å². The Hall–Kier alpha value is -1.23. The van der Waals surface area contributed by atoms with Gasteiger partial charge in [0.2, 0.25) is 0 Å². The molecule has 0 amide bonds. The molecule has 1 atom stereocenters. The van der Waals surface area contributed by atoms with Gasteiger partial charge in [-0.2, -0.15) is 0 Å². The number of hydrogen-bond acceptors (Lipinski definition) is 4. The van der Waals surface area contributed by atoms with Crippen LogP contribution in [0.15, 0.2) is 0 Å². The van der Waals surface area contributed by atoms with Gasteiger partial charge in [0.1, 0.15) is 5.60 Å². The molecule has 0 aromatic carbocycles. The number of aromatic nitrogens is 2. The van der Waals surface area contributed by atoms with Gasteiger partial charge < -0.3 is 10.1 Å². The highest BCUT2D eigenvalue weighted by molar-refractivity contribution is 5.38. The Kier molecular flexibility index (Phi) is 3.28. The average Bonchev–Trinajstić information content (AvgIpc) is 2.33. The Morgan fingerprint density at radius 2 is 2.12 bits per heavy atom. The number of nitrogens with one attached hydrogen (secondary N) is 1. The Morgan fingerprint density at radius 3 is 2.71 bits per heavy atom. The van der Waals surface area contributed by atoms with Crippen LogP contribution in [0.3, 0.4) is 0 Å². The fourth-order valence-corrected chi connectivity index (χ4v) is 2.07. The van der Waals surface area contributed by atoms with Crippen LogP contribution in [0.5, 0.6) is 0 Å². The van der Waals surface area contributed by atoms with E-state index in [0.717, 1.165) is 19.3 Å². The van der Waals surface area contributed by atoms with E-state index >= 15 is 0 Å². The van der Waals surface area contributed by atoms with Crippen LogP contribution in [0, 0.1) is 12.7 Å². The van der Waals surface area contributed by atoms with Gasteiger partial charge in [-0.1, -0.05) is 0 Å². The Morgan fingerprint density at radius 1 is 1.35 bits per heavy atom. The minimum absolute atomic E-state index is 0.239. The summed E-state index contributed by atoms with van der Waals surface area (Å²) in [5, 5.41) is 2.75. The lowest BCUT2D eigenvalue weighted by Gasteiger charge is -2.32. The number of hydrogen-bond donors (Lipinski definition) is 1. The molecule has 2 rings (SSSR count). The Labute approximate surface area is 101 Å². The summed E-state index contributed by atoms with van der Waals surface area (Å²) in [4.78, 5) is 8.45. The van der Waals surface area contributed by atoms with Crippen LogP contribution in [0.25, 0.3) is 0 Å². The van der Waals surface area contributed by atoms with Gasteiger partial charge in [0.05, 0.1) is 5.69 Å². The van der Waals surface area contributed by atoms with E-state index in [-0.39, 0.29) is 5.82 Å². The first-order valence-electron chi connectivity index (χ1n) is 5.93. The molecule has 1 N–H and O–H groups in total. The maximum Gasteiger partial charge on any atom is 0.186 e. The van der Waals surface area contributed by atoms with Crippen molar-refractivity contribution in [3.8, 4) is 0 Å². The summed E-state index contributed by atoms with van der Waals surface area (Å²) < 4.78 is 19.4. The molecule has 0 aliphatic carbocycles. The molecule has 0 bridgehead atoms. The van der Waals surface area contributed by atoms with Crippen molar-refractivity contribution in [3.63, 3.8) is 0 Å². The van der Waals surface area contributed by atoms with Gasteiger partial charge in [-0.3, -0.25) is 0 Å². The highest BCUT2D eigenvalue weighted by Crippen LogP contribution is 2.33. The summed E-state index contributed by atoms with van der Waals surface area (Å²) in [5.74, 6) is 0.416. The van der Waals surface area contributed by atoms with Crippen molar-refractivity contribution >= 4 is 5.82 Å². The van der Waals surface area contributed by atoms with Gasteiger partial charge in [-0.25, -0.2) is 14.4 Å². The number of rotatable bonds is 2. The molecule has 2 heterocycles. The number of aryl methyl sites for hydroxylation is 1. The monoisotopic (exact) mass is 239 g/mol. The lowest BCUT2D eigenvalue weighted by molar-refractivity contribution is -0.0761. The van der Waals surface area contributed by atoms with Crippen molar-refractivity contribution in [1.29, 1.82) is 0 Å². The van der Waals surface area contributed by atoms with Crippen molar-refractivity contribution in [2.45, 2.75) is 38.7 Å². The van der Waals surface area contributed by atoms with Gasteiger partial charge in [0.25, 0.3) is 0 Å². The summed E-state index contributed by atoms with van der Waals surface area (Å²) in [5.41, 5.74) is -0.128. The Bertz CT molecular complexity index is 416. The quantitative estimate of drug-likeness (QED) is 0.860. The average molecular weight is 239 g/mol.